The molecule has 0 fully saturated rings. The van der Waals surface area contributed by atoms with Crippen molar-refractivity contribution in [3.8, 4) is 0 Å². The van der Waals surface area contributed by atoms with Gasteiger partial charge in [-0.3, -0.25) is 4.79 Å². The topological polar surface area (TPSA) is 92.4 Å². The quantitative estimate of drug-likeness (QED) is 0.514. The maximum Gasteiger partial charge on any atom is 0.326 e. The summed E-state index contributed by atoms with van der Waals surface area (Å²) < 4.78 is 0. The van der Waals surface area contributed by atoms with Gasteiger partial charge in [0, 0.05) is 13.0 Å². The largest absolute Gasteiger partial charge is 0.480 e. The van der Waals surface area contributed by atoms with E-state index in [9.17, 15) is 9.59 Å². The van der Waals surface area contributed by atoms with Crippen molar-refractivity contribution in [3.05, 3.63) is 0 Å². The molecule has 0 aliphatic heterocycles. The van der Waals surface area contributed by atoms with Crippen LogP contribution in [-0.4, -0.2) is 29.6 Å². The van der Waals surface area contributed by atoms with Gasteiger partial charge in [0.05, 0.1) is 0 Å². The average molecular weight is 174 g/mol. The number of aliphatic carboxylic acids is 1. The summed E-state index contributed by atoms with van der Waals surface area (Å²) in [6.07, 6.45) is 0.551. The predicted octanol–water partition coefficient (Wildman–Crippen LogP) is -0.685. The van der Waals surface area contributed by atoms with Gasteiger partial charge in [0.15, 0.2) is 0 Å². The van der Waals surface area contributed by atoms with Crippen LogP contribution in [0.2, 0.25) is 0 Å². The fourth-order valence-electron chi connectivity index (χ4n) is 0.736. The second-order valence-corrected chi connectivity index (χ2v) is 2.41. The first-order valence-electron chi connectivity index (χ1n) is 3.84. The van der Waals surface area contributed by atoms with Crippen molar-refractivity contribution in [2.75, 3.05) is 6.54 Å². The van der Waals surface area contributed by atoms with Gasteiger partial charge in [0.2, 0.25) is 5.91 Å². The lowest BCUT2D eigenvalue weighted by Gasteiger charge is -2.11. The monoisotopic (exact) mass is 174 g/mol. The van der Waals surface area contributed by atoms with Crippen LogP contribution < -0.4 is 11.1 Å². The zero-order valence-electron chi connectivity index (χ0n) is 7.04. The summed E-state index contributed by atoms with van der Waals surface area (Å²) in [5.41, 5.74) is 5.11. The molecule has 0 aromatic rings. The Hall–Kier alpha value is -1.10. The van der Waals surface area contributed by atoms with Gasteiger partial charge in [-0.1, -0.05) is 6.92 Å². The molecule has 0 aromatic heterocycles. The van der Waals surface area contributed by atoms with E-state index in [-0.39, 0.29) is 18.9 Å². The Balaban J connectivity index is 3.85. The first kappa shape index (κ1) is 10.9. The lowest BCUT2D eigenvalue weighted by Crippen LogP contribution is -2.40. The molecule has 0 aliphatic carbocycles. The molecule has 1 amide bonds. The standard InChI is InChI=1S/C7H14N2O3/c1-2-5(7(11)12)9-6(10)3-4-8/h5H,2-4,8H2,1H3,(H,9,10)(H,11,12)/t5-/m1/s1. The molecule has 0 bridgehead atoms. The van der Waals surface area contributed by atoms with E-state index in [1.54, 1.807) is 6.92 Å². The van der Waals surface area contributed by atoms with Gasteiger partial charge in [0.1, 0.15) is 6.04 Å². The van der Waals surface area contributed by atoms with Gasteiger partial charge < -0.3 is 16.2 Å². The van der Waals surface area contributed by atoms with Crippen molar-refractivity contribution in [2.45, 2.75) is 25.8 Å². The van der Waals surface area contributed by atoms with Crippen LogP contribution in [0.3, 0.4) is 0 Å². The minimum atomic E-state index is -1.01. The lowest BCUT2D eigenvalue weighted by atomic mass is 10.2. The Kier molecular flexibility index (Phi) is 5.03. The summed E-state index contributed by atoms with van der Waals surface area (Å²) in [6.45, 7) is 1.93. The number of nitrogens with two attached hydrogens (primary N) is 1. The molecule has 0 spiro atoms. The highest BCUT2D eigenvalue weighted by atomic mass is 16.4. The molecule has 0 rings (SSSR count). The van der Waals surface area contributed by atoms with Crippen LogP contribution in [0.15, 0.2) is 0 Å². The van der Waals surface area contributed by atoms with E-state index in [4.69, 9.17) is 10.8 Å². The minimum absolute atomic E-state index is 0.170. The lowest BCUT2D eigenvalue weighted by molar-refractivity contribution is -0.141. The number of nitrogens with one attached hydrogen (secondary N) is 1. The van der Waals surface area contributed by atoms with E-state index in [0.29, 0.717) is 6.42 Å². The molecule has 0 aromatic carbocycles. The molecule has 0 unspecified atom stereocenters. The smallest absolute Gasteiger partial charge is 0.326 e. The first-order chi connectivity index (χ1) is 5.61. The zero-order valence-corrected chi connectivity index (χ0v) is 7.04. The van der Waals surface area contributed by atoms with Crippen molar-refractivity contribution in [3.63, 3.8) is 0 Å². The molecule has 12 heavy (non-hydrogen) atoms. The van der Waals surface area contributed by atoms with Crippen LogP contribution in [0, 0.1) is 0 Å². The molecule has 1 atom stereocenters. The van der Waals surface area contributed by atoms with Crippen LogP contribution in [0.1, 0.15) is 19.8 Å². The Bertz CT molecular complexity index is 170. The van der Waals surface area contributed by atoms with Crippen molar-refractivity contribution >= 4 is 11.9 Å². The zero-order chi connectivity index (χ0) is 9.56. The average Bonchev–Trinajstić information content (AvgIpc) is 2.00. The van der Waals surface area contributed by atoms with Gasteiger partial charge in [-0.2, -0.15) is 0 Å². The van der Waals surface area contributed by atoms with Gasteiger partial charge >= 0.3 is 5.97 Å². The third-order valence-corrected chi connectivity index (χ3v) is 1.41. The van der Waals surface area contributed by atoms with E-state index < -0.39 is 12.0 Å². The molecular formula is C7H14N2O3. The van der Waals surface area contributed by atoms with E-state index in [2.05, 4.69) is 5.32 Å². The molecule has 5 heteroatoms. The van der Waals surface area contributed by atoms with E-state index in [1.165, 1.54) is 0 Å². The van der Waals surface area contributed by atoms with Crippen molar-refractivity contribution in [2.24, 2.45) is 5.73 Å². The number of hydrogen-bond donors (Lipinski definition) is 3. The van der Waals surface area contributed by atoms with Gasteiger partial charge in [-0.15, -0.1) is 0 Å². The van der Waals surface area contributed by atoms with Crippen molar-refractivity contribution < 1.29 is 14.7 Å². The number of carbonyl (C=O) groups is 2. The van der Waals surface area contributed by atoms with Crippen molar-refractivity contribution in [1.82, 2.24) is 5.32 Å². The molecule has 0 radical (unpaired) electrons. The van der Waals surface area contributed by atoms with Crippen molar-refractivity contribution in [1.29, 1.82) is 0 Å². The number of carboxylic acids is 1. The van der Waals surface area contributed by atoms with Crippen LogP contribution in [-0.2, 0) is 9.59 Å². The highest BCUT2D eigenvalue weighted by Crippen LogP contribution is 1.91. The summed E-state index contributed by atoms with van der Waals surface area (Å²) in [5.74, 6) is -1.32. The first-order valence-corrected chi connectivity index (χ1v) is 3.84. The maximum atomic E-state index is 10.9. The Morgan fingerprint density at radius 2 is 2.17 bits per heavy atom. The number of hydrogen-bond acceptors (Lipinski definition) is 3. The third kappa shape index (κ3) is 3.92. The third-order valence-electron chi connectivity index (χ3n) is 1.41. The summed E-state index contributed by atoms with van der Waals surface area (Å²) >= 11 is 0. The Morgan fingerprint density at radius 1 is 1.58 bits per heavy atom. The van der Waals surface area contributed by atoms with Gasteiger partial charge in [-0.05, 0) is 6.42 Å². The molecule has 0 heterocycles. The SMILES string of the molecule is CC[C@@H](NC(=O)CCN)C(=O)O. The highest BCUT2D eigenvalue weighted by Gasteiger charge is 2.16. The second-order valence-electron chi connectivity index (χ2n) is 2.41. The molecule has 0 aliphatic rings. The van der Waals surface area contributed by atoms with Crippen LogP contribution in [0.25, 0.3) is 0 Å². The summed E-state index contributed by atoms with van der Waals surface area (Å²) in [7, 11) is 0. The van der Waals surface area contributed by atoms with Gasteiger partial charge in [-0.25, -0.2) is 4.79 Å². The van der Waals surface area contributed by atoms with Gasteiger partial charge in [0.25, 0.3) is 0 Å². The number of carbonyl (C=O) groups excluding carboxylic acids is 1. The number of amides is 1. The fraction of sp³-hybridized carbons (Fsp3) is 0.714. The summed E-state index contributed by atoms with van der Waals surface area (Å²) in [4.78, 5) is 21.3. The fourth-order valence-corrected chi connectivity index (χ4v) is 0.736. The second kappa shape index (κ2) is 5.54. The van der Waals surface area contributed by atoms with Crippen LogP contribution in [0.4, 0.5) is 0 Å². The molecule has 5 nitrogen and oxygen atoms in total. The molecule has 70 valence electrons. The normalized spacial score (nSPS) is 12.2. The van der Waals surface area contributed by atoms with Crippen LogP contribution in [0.5, 0.6) is 0 Å². The van der Waals surface area contributed by atoms with Crippen LogP contribution >= 0.6 is 0 Å². The molecular weight excluding hydrogens is 160 g/mol. The predicted molar refractivity (Wildman–Crippen MR) is 43.5 cm³/mol. The summed E-state index contributed by atoms with van der Waals surface area (Å²) in [5, 5.41) is 10.9. The Morgan fingerprint density at radius 3 is 2.50 bits per heavy atom. The number of rotatable bonds is 5. The molecule has 0 saturated heterocycles. The maximum absolute atomic E-state index is 10.9. The van der Waals surface area contributed by atoms with E-state index >= 15 is 0 Å². The van der Waals surface area contributed by atoms with E-state index in [0.717, 1.165) is 0 Å². The van der Waals surface area contributed by atoms with E-state index in [1.807, 2.05) is 0 Å². The molecule has 4 N–H and O–H groups in total. The minimum Gasteiger partial charge on any atom is -0.480 e. The highest BCUT2D eigenvalue weighted by molar-refractivity contribution is 5.83. The molecule has 0 saturated carbocycles. The summed E-state index contributed by atoms with van der Waals surface area (Å²) in [6, 6.07) is -0.788. The number of carboxylic acid groups (broad SMARTS) is 1. The Labute approximate surface area is 70.9 Å².